The van der Waals surface area contributed by atoms with E-state index in [0.717, 1.165) is 5.69 Å². The van der Waals surface area contributed by atoms with Crippen LogP contribution in [0.3, 0.4) is 0 Å². The van der Waals surface area contributed by atoms with Crippen molar-refractivity contribution >= 4 is 11.9 Å². The minimum atomic E-state index is -1.07. The highest BCUT2D eigenvalue weighted by Gasteiger charge is 2.24. The van der Waals surface area contributed by atoms with Gasteiger partial charge in [-0.3, -0.25) is 14.0 Å². The number of fused-ring (bicyclic) bond motifs is 1. The van der Waals surface area contributed by atoms with Crippen LogP contribution < -0.4 is 0 Å². The first-order valence-corrected chi connectivity index (χ1v) is 7.66. The van der Waals surface area contributed by atoms with Gasteiger partial charge in [-0.25, -0.2) is 4.79 Å². The van der Waals surface area contributed by atoms with E-state index in [0.29, 0.717) is 30.9 Å². The zero-order chi connectivity index (χ0) is 17.4. The number of aromatic carboxylic acids is 1. The molecule has 1 aromatic carbocycles. The zero-order valence-corrected chi connectivity index (χ0v) is 13.1. The summed E-state index contributed by atoms with van der Waals surface area (Å²) < 4.78 is 3.36. The molecule has 9 nitrogen and oxygen atoms in total. The molecule has 0 bridgehead atoms. The number of amides is 1. The predicted molar refractivity (Wildman–Crippen MR) is 85.3 cm³/mol. The Bertz CT molecular complexity index is 947. The van der Waals surface area contributed by atoms with E-state index in [9.17, 15) is 9.59 Å². The maximum atomic E-state index is 12.8. The standard InChI is InChI=1S/C16H14N6O3/c23-15(11-2-1-3-12(6-11)21-9-17-18-10-21)20-4-5-22-13(8-20)7-14(19-22)16(24)25/h1-3,6-7,9-10H,4-5,8H2,(H,24,25). The first-order chi connectivity index (χ1) is 12.1. The summed E-state index contributed by atoms with van der Waals surface area (Å²) in [5.41, 5.74) is 2.06. The maximum absolute atomic E-state index is 12.8. The Balaban J connectivity index is 1.57. The molecular weight excluding hydrogens is 324 g/mol. The number of hydrogen-bond donors (Lipinski definition) is 1. The topological polar surface area (TPSA) is 106 Å². The Hall–Kier alpha value is -3.49. The summed E-state index contributed by atoms with van der Waals surface area (Å²) >= 11 is 0. The molecule has 4 rings (SSSR count). The Morgan fingerprint density at radius 2 is 1.88 bits per heavy atom. The van der Waals surface area contributed by atoms with Gasteiger partial charge in [0.25, 0.3) is 5.91 Å². The normalized spacial score (nSPS) is 13.5. The molecule has 3 aromatic rings. The lowest BCUT2D eigenvalue weighted by atomic mass is 10.1. The second-order valence-electron chi connectivity index (χ2n) is 5.70. The van der Waals surface area contributed by atoms with E-state index in [-0.39, 0.29) is 11.6 Å². The van der Waals surface area contributed by atoms with Crippen LogP contribution in [-0.2, 0) is 13.1 Å². The lowest BCUT2D eigenvalue weighted by molar-refractivity contribution is 0.0680. The largest absolute Gasteiger partial charge is 0.476 e. The van der Waals surface area contributed by atoms with Gasteiger partial charge in [-0.15, -0.1) is 10.2 Å². The lowest BCUT2D eigenvalue weighted by Gasteiger charge is -2.27. The molecule has 1 amide bonds. The zero-order valence-electron chi connectivity index (χ0n) is 13.1. The lowest BCUT2D eigenvalue weighted by Crippen LogP contribution is -2.38. The van der Waals surface area contributed by atoms with E-state index in [2.05, 4.69) is 15.3 Å². The summed E-state index contributed by atoms with van der Waals surface area (Å²) in [6.07, 6.45) is 3.13. The second kappa shape index (κ2) is 5.86. The fourth-order valence-electron chi connectivity index (χ4n) is 2.86. The van der Waals surface area contributed by atoms with E-state index in [4.69, 9.17) is 5.11 Å². The van der Waals surface area contributed by atoms with Crippen LogP contribution in [0.4, 0.5) is 0 Å². The summed E-state index contributed by atoms with van der Waals surface area (Å²) in [5.74, 6) is -1.18. The van der Waals surface area contributed by atoms with Crippen LogP contribution >= 0.6 is 0 Å². The van der Waals surface area contributed by atoms with E-state index in [1.165, 1.54) is 6.07 Å². The van der Waals surface area contributed by atoms with E-state index in [1.807, 2.05) is 6.07 Å². The van der Waals surface area contributed by atoms with Crippen LogP contribution in [0, 0.1) is 0 Å². The molecule has 9 heteroatoms. The van der Waals surface area contributed by atoms with Crippen LogP contribution in [-0.4, -0.2) is 53.0 Å². The molecule has 0 saturated heterocycles. The Morgan fingerprint density at radius 1 is 1.08 bits per heavy atom. The van der Waals surface area contributed by atoms with E-state index < -0.39 is 5.97 Å². The third-order valence-electron chi connectivity index (χ3n) is 4.11. The summed E-state index contributed by atoms with van der Waals surface area (Å²) in [4.78, 5) is 25.5. The van der Waals surface area contributed by atoms with Crippen LogP contribution in [0.15, 0.2) is 43.0 Å². The average molecular weight is 338 g/mol. The number of carbonyl (C=O) groups is 2. The number of nitrogens with zero attached hydrogens (tertiary/aromatic N) is 6. The minimum absolute atomic E-state index is 0.00101. The molecule has 1 aliphatic heterocycles. The van der Waals surface area contributed by atoms with Crippen molar-refractivity contribution in [2.45, 2.75) is 13.1 Å². The fraction of sp³-hybridized carbons (Fsp3) is 0.188. The molecule has 0 radical (unpaired) electrons. The van der Waals surface area contributed by atoms with Gasteiger partial charge in [-0.1, -0.05) is 6.07 Å². The molecule has 0 fully saturated rings. The quantitative estimate of drug-likeness (QED) is 0.758. The first kappa shape index (κ1) is 15.1. The number of hydrogen-bond acceptors (Lipinski definition) is 5. The van der Waals surface area contributed by atoms with Crippen molar-refractivity contribution in [3.63, 3.8) is 0 Å². The molecule has 2 aromatic heterocycles. The van der Waals surface area contributed by atoms with Gasteiger partial charge in [0.15, 0.2) is 5.69 Å². The van der Waals surface area contributed by atoms with Crippen LogP contribution in [0.2, 0.25) is 0 Å². The highest BCUT2D eigenvalue weighted by Crippen LogP contribution is 2.18. The Kier molecular flexibility index (Phi) is 3.53. The van der Waals surface area contributed by atoms with Gasteiger partial charge < -0.3 is 10.0 Å². The molecule has 0 spiro atoms. The molecule has 0 atom stereocenters. The number of benzene rings is 1. The third kappa shape index (κ3) is 2.75. The van der Waals surface area contributed by atoms with Crippen molar-refractivity contribution in [2.24, 2.45) is 0 Å². The number of aromatic nitrogens is 5. The Labute approximate surface area is 142 Å². The highest BCUT2D eigenvalue weighted by molar-refractivity contribution is 5.94. The molecule has 0 unspecified atom stereocenters. The summed E-state index contributed by atoms with van der Waals surface area (Å²) in [6, 6.07) is 8.71. The molecular formula is C16H14N6O3. The molecule has 1 N–H and O–H groups in total. The summed E-state index contributed by atoms with van der Waals surface area (Å²) in [6.45, 7) is 1.28. The molecule has 0 saturated carbocycles. The van der Waals surface area contributed by atoms with Crippen molar-refractivity contribution < 1.29 is 14.7 Å². The third-order valence-corrected chi connectivity index (χ3v) is 4.11. The number of carboxylic acids is 1. The van der Waals surface area contributed by atoms with Gasteiger partial charge in [0.1, 0.15) is 12.7 Å². The van der Waals surface area contributed by atoms with Gasteiger partial charge in [0.2, 0.25) is 0 Å². The van der Waals surface area contributed by atoms with Gasteiger partial charge in [-0.2, -0.15) is 5.10 Å². The summed E-state index contributed by atoms with van der Waals surface area (Å²) in [5, 5.41) is 20.6. The smallest absolute Gasteiger partial charge is 0.356 e. The molecule has 126 valence electrons. The van der Waals surface area contributed by atoms with Crippen molar-refractivity contribution in [3.05, 3.63) is 59.9 Å². The summed E-state index contributed by atoms with van der Waals surface area (Å²) in [7, 11) is 0. The average Bonchev–Trinajstić information content (AvgIpc) is 3.30. The van der Waals surface area contributed by atoms with Crippen molar-refractivity contribution in [1.29, 1.82) is 0 Å². The molecule has 0 aliphatic carbocycles. The number of carbonyl (C=O) groups excluding carboxylic acids is 1. The maximum Gasteiger partial charge on any atom is 0.356 e. The van der Waals surface area contributed by atoms with Crippen LogP contribution in [0.25, 0.3) is 5.69 Å². The number of rotatable bonds is 3. The minimum Gasteiger partial charge on any atom is -0.476 e. The van der Waals surface area contributed by atoms with Gasteiger partial charge in [-0.05, 0) is 24.3 Å². The first-order valence-electron chi connectivity index (χ1n) is 7.66. The predicted octanol–water partition coefficient (Wildman–Crippen LogP) is 0.818. The fourth-order valence-corrected chi connectivity index (χ4v) is 2.86. The van der Waals surface area contributed by atoms with Crippen molar-refractivity contribution in [2.75, 3.05) is 6.54 Å². The monoisotopic (exact) mass is 338 g/mol. The van der Waals surface area contributed by atoms with Gasteiger partial charge in [0, 0.05) is 17.8 Å². The highest BCUT2D eigenvalue weighted by atomic mass is 16.4. The molecule has 25 heavy (non-hydrogen) atoms. The number of carboxylic acid groups (broad SMARTS) is 1. The van der Waals surface area contributed by atoms with E-state index >= 15 is 0 Å². The molecule has 3 heterocycles. The van der Waals surface area contributed by atoms with Gasteiger partial charge in [0.05, 0.1) is 18.8 Å². The van der Waals surface area contributed by atoms with Crippen molar-refractivity contribution in [1.82, 2.24) is 29.4 Å². The SMILES string of the molecule is O=C(O)c1cc2n(n1)CCN(C(=O)c1cccc(-n3cnnc3)c1)C2. The Morgan fingerprint density at radius 3 is 2.64 bits per heavy atom. The van der Waals surface area contributed by atoms with Crippen LogP contribution in [0.1, 0.15) is 26.5 Å². The second-order valence-corrected chi connectivity index (χ2v) is 5.70. The van der Waals surface area contributed by atoms with E-state index in [1.54, 1.807) is 45.0 Å². The molecule has 1 aliphatic rings. The van der Waals surface area contributed by atoms with Crippen LogP contribution in [0.5, 0.6) is 0 Å². The van der Waals surface area contributed by atoms with Gasteiger partial charge >= 0.3 is 5.97 Å². The van der Waals surface area contributed by atoms with Crippen molar-refractivity contribution in [3.8, 4) is 5.69 Å².